The van der Waals surface area contributed by atoms with Crippen molar-refractivity contribution in [3.8, 4) is 0 Å². The lowest BCUT2D eigenvalue weighted by atomic mass is 9.81. The highest BCUT2D eigenvalue weighted by Crippen LogP contribution is 2.41. The topological polar surface area (TPSA) is 94.5 Å². The first-order valence-corrected chi connectivity index (χ1v) is 10.1. The molecular formula is C20H27F4N5O2. The Balaban J connectivity index is 1.90. The number of carbonyl (C=O) groups excluding carboxylic acids is 1. The molecule has 0 bridgehead atoms. The molecule has 0 saturated heterocycles. The van der Waals surface area contributed by atoms with Crippen LogP contribution in [0.5, 0.6) is 0 Å². The number of imidazole rings is 1. The van der Waals surface area contributed by atoms with E-state index in [1.54, 1.807) is 27.0 Å². The molecule has 2 atom stereocenters. The Morgan fingerprint density at radius 2 is 1.97 bits per heavy atom. The van der Waals surface area contributed by atoms with E-state index < -0.39 is 36.1 Å². The van der Waals surface area contributed by atoms with Crippen LogP contribution in [-0.2, 0) is 4.74 Å². The number of ether oxygens (including phenoxy) is 1. The maximum Gasteiger partial charge on any atom is 0.408 e. The van der Waals surface area contributed by atoms with Crippen molar-refractivity contribution >= 4 is 11.7 Å². The number of aromatic nitrogens is 3. The van der Waals surface area contributed by atoms with Crippen molar-refractivity contribution < 1.29 is 27.1 Å². The number of alkyl carbamates (subject to hydrolysis) is 1. The van der Waals surface area contributed by atoms with Crippen LogP contribution in [0.1, 0.15) is 69.8 Å². The Hall–Kier alpha value is -2.43. The van der Waals surface area contributed by atoms with Crippen molar-refractivity contribution in [1.82, 2.24) is 19.9 Å². The van der Waals surface area contributed by atoms with Gasteiger partial charge in [-0.1, -0.05) is 0 Å². The molecule has 1 fully saturated rings. The SMILES string of the molecule is CC(C)(C)OC(=O)N[C@H](c1cn2ncc(C(N)C(F)F)cc2n1)C1CCC(F)(F)CC1. The second-order valence-electron chi connectivity index (χ2n) is 8.93. The van der Waals surface area contributed by atoms with E-state index in [9.17, 15) is 22.4 Å². The number of fused-ring (bicyclic) bond motifs is 1. The van der Waals surface area contributed by atoms with Gasteiger partial charge in [0, 0.05) is 12.8 Å². The molecule has 2 aromatic rings. The monoisotopic (exact) mass is 445 g/mol. The smallest absolute Gasteiger partial charge is 0.408 e. The first-order valence-electron chi connectivity index (χ1n) is 10.1. The normalized spacial score (nSPS) is 19.4. The van der Waals surface area contributed by atoms with Gasteiger partial charge in [-0.2, -0.15) is 5.10 Å². The molecule has 1 unspecified atom stereocenters. The number of halogens is 4. The summed E-state index contributed by atoms with van der Waals surface area (Å²) in [5.74, 6) is -3.02. The Bertz CT molecular complexity index is 918. The molecule has 31 heavy (non-hydrogen) atoms. The summed E-state index contributed by atoms with van der Waals surface area (Å²) in [6.07, 6.45) is -0.877. The zero-order valence-corrected chi connectivity index (χ0v) is 17.6. The fourth-order valence-corrected chi connectivity index (χ4v) is 3.65. The minimum Gasteiger partial charge on any atom is -0.444 e. The third-order valence-corrected chi connectivity index (χ3v) is 5.24. The quantitative estimate of drug-likeness (QED) is 0.666. The van der Waals surface area contributed by atoms with Crippen LogP contribution in [0.15, 0.2) is 18.5 Å². The minimum absolute atomic E-state index is 0.119. The molecule has 11 heteroatoms. The standard InChI is InChI=1S/C20H27F4N5O2/c1-19(2,3)31-18(30)28-16(11-4-6-20(23,24)7-5-11)13-10-29-14(27-13)8-12(9-26-29)15(25)17(21)22/h8-11,15-17H,4-7,25H2,1-3H3,(H,28,30)/t15?,16-/m0/s1. The van der Waals surface area contributed by atoms with E-state index in [1.165, 1.54) is 16.8 Å². The number of rotatable bonds is 5. The van der Waals surface area contributed by atoms with Gasteiger partial charge in [0.05, 0.1) is 30.2 Å². The number of alkyl halides is 4. The van der Waals surface area contributed by atoms with Crippen molar-refractivity contribution in [2.24, 2.45) is 11.7 Å². The van der Waals surface area contributed by atoms with Gasteiger partial charge in [0.15, 0.2) is 5.65 Å². The molecular weight excluding hydrogens is 418 g/mol. The van der Waals surface area contributed by atoms with Gasteiger partial charge in [-0.15, -0.1) is 0 Å². The Morgan fingerprint density at radius 3 is 2.55 bits per heavy atom. The highest BCUT2D eigenvalue weighted by Gasteiger charge is 2.39. The third-order valence-electron chi connectivity index (χ3n) is 5.24. The predicted octanol–water partition coefficient (Wildman–Crippen LogP) is 4.39. The zero-order valence-electron chi connectivity index (χ0n) is 17.6. The lowest BCUT2D eigenvalue weighted by Crippen LogP contribution is -2.40. The summed E-state index contributed by atoms with van der Waals surface area (Å²) >= 11 is 0. The average Bonchev–Trinajstić information content (AvgIpc) is 3.07. The summed E-state index contributed by atoms with van der Waals surface area (Å²) in [4.78, 5) is 16.8. The molecule has 1 aliphatic rings. The van der Waals surface area contributed by atoms with Crippen LogP contribution in [0, 0.1) is 5.92 Å². The van der Waals surface area contributed by atoms with Gasteiger partial charge in [-0.3, -0.25) is 0 Å². The van der Waals surface area contributed by atoms with Crippen molar-refractivity contribution in [2.75, 3.05) is 0 Å². The van der Waals surface area contributed by atoms with Crippen LogP contribution in [0.2, 0.25) is 0 Å². The Labute approximate surface area is 177 Å². The lowest BCUT2D eigenvalue weighted by molar-refractivity contribution is -0.0500. The molecule has 1 aliphatic carbocycles. The molecule has 1 saturated carbocycles. The average molecular weight is 445 g/mol. The van der Waals surface area contributed by atoms with Gasteiger partial charge in [0.1, 0.15) is 5.60 Å². The summed E-state index contributed by atoms with van der Waals surface area (Å²) in [7, 11) is 0. The van der Waals surface area contributed by atoms with E-state index in [1.807, 2.05) is 0 Å². The fraction of sp³-hybridized carbons (Fsp3) is 0.650. The number of carbonyl (C=O) groups is 1. The number of hydrogen-bond acceptors (Lipinski definition) is 5. The van der Waals surface area contributed by atoms with Crippen molar-refractivity contribution in [2.45, 2.75) is 76.5 Å². The summed E-state index contributed by atoms with van der Waals surface area (Å²) < 4.78 is 59.9. The maximum absolute atomic E-state index is 13.7. The Morgan fingerprint density at radius 1 is 1.32 bits per heavy atom. The Kier molecular flexibility index (Phi) is 6.45. The van der Waals surface area contributed by atoms with Crippen LogP contribution >= 0.6 is 0 Å². The van der Waals surface area contributed by atoms with Crippen LogP contribution in [-0.4, -0.2) is 38.6 Å². The molecule has 3 N–H and O–H groups in total. The first-order chi connectivity index (χ1) is 14.3. The summed E-state index contributed by atoms with van der Waals surface area (Å²) in [5.41, 5.74) is 5.52. The van der Waals surface area contributed by atoms with Crippen molar-refractivity contribution in [1.29, 1.82) is 0 Å². The van der Waals surface area contributed by atoms with Gasteiger partial charge in [0.2, 0.25) is 5.92 Å². The highest BCUT2D eigenvalue weighted by molar-refractivity contribution is 5.68. The third kappa shape index (κ3) is 5.84. The van der Waals surface area contributed by atoms with Gasteiger partial charge < -0.3 is 15.8 Å². The zero-order chi connectivity index (χ0) is 23.0. The largest absolute Gasteiger partial charge is 0.444 e. The molecule has 3 rings (SSSR count). The highest BCUT2D eigenvalue weighted by atomic mass is 19.3. The maximum atomic E-state index is 13.7. The number of nitrogens with one attached hydrogen (secondary N) is 1. The molecule has 0 aliphatic heterocycles. The second-order valence-corrected chi connectivity index (χ2v) is 8.93. The van der Waals surface area contributed by atoms with Crippen LogP contribution in [0.25, 0.3) is 5.65 Å². The van der Waals surface area contributed by atoms with Crippen LogP contribution in [0.3, 0.4) is 0 Å². The van der Waals surface area contributed by atoms with E-state index in [4.69, 9.17) is 10.5 Å². The summed E-state index contributed by atoms with van der Waals surface area (Å²) in [5, 5.41) is 6.82. The summed E-state index contributed by atoms with van der Waals surface area (Å²) in [6.45, 7) is 5.14. The van der Waals surface area contributed by atoms with Crippen molar-refractivity contribution in [3.63, 3.8) is 0 Å². The molecule has 1 amide bonds. The van der Waals surface area contributed by atoms with E-state index in [2.05, 4.69) is 15.4 Å². The number of nitrogens with zero attached hydrogens (tertiary/aromatic N) is 3. The van der Waals surface area contributed by atoms with E-state index in [0.717, 1.165) is 0 Å². The number of hydrogen-bond donors (Lipinski definition) is 2. The van der Waals surface area contributed by atoms with Gasteiger partial charge in [-0.05, 0) is 51.2 Å². The molecule has 0 radical (unpaired) electrons. The van der Waals surface area contributed by atoms with Gasteiger partial charge >= 0.3 is 6.09 Å². The fourth-order valence-electron chi connectivity index (χ4n) is 3.65. The molecule has 0 aromatic carbocycles. The van der Waals surface area contributed by atoms with Crippen molar-refractivity contribution in [3.05, 3.63) is 29.7 Å². The molecule has 172 valence electrons. The molecule has 2 heterocycles. The summed E-state index contributed by atoms with van der Waals surface area (Å²) in [6, 6.07) is -0.804. The van der Waals surface area contributed by atoms with Crippen LogP contribution < -0.4 is 11.1 Å². The van der Waals surface area contributed by atoms with E-state index in [0.29, 0.717) is 5.69 Å². The molecule has 2 aromatic heterocycles. The molecule has 7 nitrogen and oxygen atoms in total. The molecule has 0 spiro atoms. The first kappa shape index (κ1) is 23.2. The van der Waals surface area contributed by atoms with Gasteiger partial charge in [-0.25, -0.2) is 31.9 Å². The number of amides is 1. The number of nitrogens with two attached hydrogens (primary N) is 1. The van der Waals surface area contributed by atoms with Crippen LogP contribution in [0.4, 0.5) is 22.4 Å². The second kappa shape index (κ2) is 8.60. The van der Waals surface area contributed by atoms with Gasteiger partial charge in [0.25, 0.3) is 6.43 Å². The van der Waals surface area contributed by atoms with E-state index in [-0.39, 0.29) is 42.8 Å². The lowest BCUT2D eigenvalue weighted by Gasteiger charge is -2.33. The van der Waals surface area contributed by atoms with E-state index >= 15 is 0 Å². The minimum atomic E-state index is -2.76. The predicted molar refractivity (Wildman–Crippen MR) is 105 cm³/mol.